The summed E-state index contributed by atoms with van der Waals surface area (Å²) in [6.45, 7) is 1.39. The van der Waals surface area contributed by atoms with E-state index in [2.05, 4.69) is 0 Å². The topological polar surface area (TPSA) is 4.93 Å². The first kappa shape index (κ1) is 8.57. The van der Waals surface area contributed by atoms with E-state index in [4.69, 9.17) is 11.6 Å². The Balaban J connectivity index is 2.79. The summed E-state index contributed by atoms with van der Waals surface area (Å²) >= 11 is 5.82. The molecule has 0 fully saturated rings. The molecule has 2 rings (SSSR count). The first-order valence-corrected chi connectivity index (χ1v) is 4.41. The predicted octanol–water partition coefficient (Wildman–Crippen LogP) is 3.53. The largest absolute Gasteiger partial charge is 0.317 e. The van der Waals surface area contributed by atoms with Gasteiger partial charge in [0.25, 0.3) is 0 Å². The summed E-state index contributed by atoms with van der Waals surface area (Å²) in [5.74, 6) is 0. The van der Waals surface area contributed by atoms with Gasteiger partial charge in [0.1, 0.15) is 0 Å². The number of benzene rings is 1. The molecule has 0 saturated heterocycles. The molecule has 1 aromatic heterocycles. The zero-order valence-corrected chi connectivity index (χ0v) is 7.98. The summed E-state index contributed by atoms with van der Waals surface area (Å²) in [4.78, 5) is 0. The fraction of sp³-hybridized carbons (Fsp3) is 0.200. The molecule has 3 heteroatoms. The third kappa shape index (κ3) is 1.31. The molecule has 0 bridgehead atoms. The maximum absolute atomic E-state index is 12.6. The Morgan fingerprint density at radius 3 is 2.85 bits per heavy atom. The SMILES string of the molecule is Cc1cc2cc(Cl)ccc2n1CF. The van der Waals surface area contributed by atoms with E-state index in [1.54, 1.807) is 10.6 Å². The van der Waals surface area contributed by atoms with Crippen LogP contribution in [-0.2, 0) is 6.80 Å². The van der Waals surface area contributed by atoms with Crippen molar-refractivity contribution >= 4 is 22.5 Å². The normalized spacial score (nSPS) is 11.0. The van der Waals surface area contributed by atoms with Crippen LogP contribution in [0.5, 0.6) is 0 Å². The number of hydrogen-bond donors (Lipinski definition) is 0. The van der Waals surface area contributed by atoms with E-state index in [0.29, 0.717) is 5.02 Å². The minimum Gasteiger partial charge on any atom is -0.317 e. The van der Waals surface area contributed by atoms with Crippen LogP contribution in [0.2, 0.25) is 5.02 Å². The Hall–Kier alpha value is -1.02. The van der Waals surface area contributed by atoms with Crippen molar-refractivity contribution in [1.82, 2.24) is 4.57 Å². The molecule has 2 aromatic rings. The second-order valence-corrected chi connectivity index (χ2v) is 3.47. The van der Waals surface area contributed by atoms with Gasteiger partial charge in [0, 0.05) is 16.1 Å². The van der Waals surface area contributed by atoms with Gasteiger partial charge in [-0.2, -0.15) is 0 Å². The Morgan fingerprint density at radius 2 is 2.15 bits per heavy atom. The van der Waals surface area contributed by atoms with Crippen molar-refractivity contribution in [2.75, 3.05) is 0 Å². The smallest absolute Gasteiger partial charge is 0.165 e. The highest BCUT2D eigenvalue weighted by Gasteiger charge is 2.04. The Bertz CT molecular complexity index is 447. The van der Waals surface area contributed by atoms with Crippen LogP contribution in [0.15, 0.2) is 24.3 Å². The molecule has 0 aliphatic heterocycles. The van der Waals surface area contributed by atoms with Gasteiger partial charge in [0.15, 0.2) is 6.80 Å². The highest BCUT2D eigenvalue weighted by Crippen LogP contribution is 2.23. The molecule has 0 saturated carbocycles. The molecule has 1 nitrogen and oxygen atoms in total. The molecule has 68 valence electrons. The number of rotatable bonds is 1. The van der Waals surface area contributed by atoms with E-state index in [-0.39, 0.29) is 0 Å². The van der Waals surface area contributed by atoms with Gasteiger partial charge in [0.05, 0.1) is 5.52 Å². The first-order valence-electron chi connectivity index (χ1n) is 4.04. The second kappa shape index (κ2) is 3.04. The van der Waals surface area contributed by atoms with Crippen molar-refractivity contribution in [3.8, 4) is 0 Å². The Morgan fingerprint density at radius 1 is 1.38 bits per heavy atom. The van der Waals surface area contributed by atoms with Crippen molar-refractivity contribution in [2.45, 2.75) is 13.7 Å². The average Bonchev–Trinajstić information content (AvgIpc) is 2.39. The van der Waals surface area contributed by atoms with Crippen LogP contribution in [0, 0.1) is 6.92 Å². The molecule has 13 heavy (non-hydrogen) atoms. The first-order chi connectivity index (χ1) is 6.22. The number of fused-ring (bicyclic) bond motifs is 1. The maximum Gasteiger partial charge on any atom is 0.165 e. The highest BCUT2D eigenvalue weighted by atomic mass is 35.5. The number of halogens is 2. The second-order valence-electron chi connectivity index (χ2n) is 3.04. The van der Waals surface area contributed by atoms with Crippen LogP contribution >= 0.6 is 11.6 Å². The van der Waals surface area contributed by atoms with Crippen LogP contribution in [0.3, 0.4) is 0 Å². The number of aryl methyl sites for hydroxylation is 1. The van der Waals surface area contributed by atoms with Crippen molar-refractivity contribution < 1.29 is 4.39 Å². The molecule has 0 aliphatic rings. The summed E-state index contributed by atoms with van der Waals surface area (Å²) < 4.78 is 14.2. The van der Waals surface area contributed by atoms with E-state index in [0.717, 1.165) is 16.6 Å². The van der Waals surface area contributed by atoms with Crippen molar-refractivity contribution in [3.05, 3.63) is 35.0 Å². The van der Waals surface area contributed by atoms with Crippen molar-refractivity contribution in [1.29, 1.82) is 0 Å². The fourth-order valence-electron chi connectivity index (χ4n) is 1.54. The lowest BCUT2D eigenvalue weighted by atomic mass is 10.2. The Kier molecular flexibility index (Phi) is 2.00. The van der Waals surface area contributed by atoms with Gasteiger partial charge in [0.2, 0.25) is 0 Å². The molecular weight excluding hydrogens is 189 g/mol. The highest BCUT2D eigenvalue weighted by molar-refractivity contribution is 6.31. The molecule has 0 amide bonds. The molecule has 1 aromatic carbocycles. The van der Waals surface area contributed by atoms with Gasteiger partial charge in [-0.05, 0) is 31.2 Å². The third-order valence-corrected chi connectivity index (χ3v) is 2.43. The average molecular weight is 198 g/mol. The molecule has 0 radical (unpaired) electrons. The standard InChI is InChI=1S/C10H9ClFN/c1-7-4-8-5-9(11)2-3-10(8)13(7)6-12/h2-5H,6H2,1H3. The molecule has 0 atom stereocenters. The molecular formula is C10H9ClFN. The molecule has 0 spiro atoms. The number of nitrogens with zero attached hydrogens (tertiary/aromatic N) is 1. The van der Waals surface area contributed by atoms with Crippen LogP contribution < -0.4 is 0 Å². The minimum atomic E-state index is -0.489. The van der Waals surface area contributed by atoms with Crippen molar-refractivity contribution in [3.63, 3.8) is 0 Å². The maximum atomic E-state index is 12.6. The lowest BCUT2D eigenvalue weighted by Crippen LogP contribution is -1.93. The zero-order valence-electron chi connectivity index (χ0n) is 7.22. The summed E-state index contributed by atoms with van der Waals surface area (Å²) in [5.41, 5.74) is 1.81. The summed E-state index contributed by atoms with van der Waals surface area (Å²) in [5, 5.41) is 1.67. The Labute approximate surface area is 80.7 Å². The number of alkyl halides is 1. The summed E-state index contributed by atoms with van der Waals surface area (Å²) in [6, 6.07) is 7.39. The van der Waals surface area contributed by atoms with E-state index >= 15 is 0 Å². The van der Waals surface area contributed by atoms with Crippen LogP contribution in [0.4, 0.5) is 4.39 Å². The molecule has 0 aliphatic carbocycles. The fourth-order valence-corrected chi connectivity index (χ4v) is 1.72. The third-order valence-electron chi connectivity index (χ3n) is 2.19. The van der Waals surface area contributed by atoms with Crippen LogP contribution in [0.1, 0.15) is 5.69 Å². The monoisotopic (exact) mass is 197 g/mol. The molecule has 1 heterocycles. The number of aromatic nitrogens is 1. The van der Waals surface area contributed by atoms with E-state index in [9.17, 15) is 4.39 Å². The summed E-state index contributed by atoms with van der Waals surface area (Å²) in [7, 11) is 0. The van der Waals surface area contributed by atoms with Gasteiger partial charge >= 0.3 is 0 Å². The van der Waals surface area contributed by atoms with E-state index in [1.165, 1.54) is 0 Å². The van der Waals surface area contributed by atoms with E-state index in [1.807, 2.05) is 25.1 Å². The lowest BCUT2D eigenvalue weighted by molar-refractivity contribution is 0.381. The quantitative estimate of drug-likeness (QED) is 0.659. The summed E-state index contributed by atoms with van der Waals surface area (Å²) in [6.07, 6.45) is 0. The number of hydrogen-bond acceptors (Lipinski definition) is 0. The van der Waals surface area contributed by atoms with Gasteiger partial charge < -0.3 is 4.57 Å². The minimum absolute atomic E-state index is 0.489. The lowest BCUT2D eigenvalue weighted by Gasteiger charge is -2.00. The predicted molar refractivity (Wildman–Crippen MR) is 52.8 cm³/mol. The van der Waals surface area contributed by atoms with Gasteiger partial charge in [-0.15, -0.1) is 0 Å². The molecule has 0 unspecified atom stereocenters. The van der Waals surface area contributed by atoms with Gasteiger partial charge in [-0.25, -0.2) is 4.39 Å². The molecule has 0 N–H and O–H groups in total. The van der Waals surface area contributed by atoms with Crippen LogP contribution in [0.25, 0.3) is 10.9 Å². The van der Waals surface area contributed by atoms with Crippen molar-refractivity contribution in [2.24, 2.45) is 0 Å². The zero-order chi connectivity index (χ0) is 9.42. The van der Waals surface area contributed by atoms with E-state index < -0.39 is 6.80 Å². The van der Waals surface area contributed by atoms with Gasteiger partial charge in [-0.1, -0.05) is 11.6 Å². The van der Waals surface area contributed by atoms with Gasteiger partial charge in [-0.3, -0.25) is 0 Å². The van der Waals surface area contributed by atoms with Crippen LogP contribution in [-0.4, -0.2) is 4.57 Å².